The summed E-state index contributed by atoms with van der Waals surface area (Å²) >= 11 is 0. The SMILES string of the molecule is CCCCN(C1CC1)C1CCCC(C#N)(NC)C1. The van der Waals surface area contributed by atoms with E-state index < -0.39 is 0 Å². The van der Waals surface area contributed by atoms with Crippen LogP contribution in [0.5, 0.6) is 0 Å². The van der Waals surface area contributed by atoms with Gasteiger partial charge in [-0.05, 0) is 58.5 Å². The van der Waals surface area contributed by atoms with Crippen molar-refractivity contribution in [2.24, 2.45) is 0 Å². The second-order valence-electron chi connectivity index (χ2n) is 6.02. The van der Waals surface area contributed by atoms with Crippen molar-refractivity contribution in [1.82, 2.24) is 10.2 Å². The monoisotopic (exact) mass is 249 g/mol. The van der Waals surface area contributed by atoms with Gasteiger partial charge in [-0.2, -0.15) is 5.26 Å². The van der Waals surface area contributed by atoms with Crippen molar-refractivity contribution in [2.75, 3.05) is 13.6 Å². The second kappa shape index (κ2) is 6.04. The molecule has 2 unspecified atom stereocenters. The quantitative estimate of drug-likeness (QED) is 0.786. The molecular weight excluding hydrogens is 222 g/mol. The second-order valence-corrected chi connectivity index (χ2v) is 6.02. The molecule has 0 aromatic heterocycles. The molecule has 2 atom stereocenters. The molecule has 0 radical (unpaired) electrons. The van der Waals surface area contributed by atoms with Crippen molar-refractivity contribution >= 4 is 0 Å². The van der Waals surface area contributed by atoms with Crippen LogP contribution in [0.25, 0.3) is 0 Å². The van der Waals surface area contributed by atoms with Crippen LogP contribution in [0.1, 0.15) is 58.3 Å². The molecule has 3 nitrogen and oxygen atoms in total. The maximum atomic E-state index is 9.44. The average molecular weight is 249 g/mol. The molecule has 0 saturated heterocycles. The van der Waals surface area contributed by atoms with Gasteiger partial charge in [0.2, 0.25) is 0 Å². The van der Waals surface area contributed by atoms with E-state index in [1.165, 1.54) is 45.1 Å². The van der Waals surface area contributed by atoms with Gasteiger partial charge in [0.15, 0.2) is 0 Å². The van der Waals surface area contributed by atoms with E-state index in [9.17, 15) is 5.26 Å². The Kier molecular flexibility index (Phi) is 4.64. The number of nitrogens with one attached hydrogen (secondary N) is 1. The highest BCUT2D eigenvalue weighted by Crippen LogP contribution is 2.36. The lowest BCUT2D eigenvalue weighted by Gasteiger charge is -2.41. The van der Waals surface area contributed by atoms with Crippen molar-refractivity contribution in [3.05, 3.63) is 0 Å². The number of nitrogens with zero attached hydrogens (tertiary/aromatic N) is 2. The van der Waals surface area contributed by atoms with Crippen molar-refractivity contribution in [3.63, 3.8) is 0 Å². The maximum Gasteiger partial charge on any atom is 0.108 e. The molecular formula is C15H27N3. The van der Waals surface area contributed by atoms with Crippen LogP contribution in [-0.2, 0) is 0 Å². The number of unbranched alkanes of at least 4 members (excludes halogenated alkanes) is 1. The van der Waals surface area contributed by atoms with Crippen molar-refractivity contribution in [1.29, 1.82) is 5.26 Å². The number of rotatable bonds is 6. The van der Waals surface area contributed by atoms with Gasteiger partial charge in [-0.3, -0.25) is 4.90 Å². The summed E-state index contributed by atoms with van der Waals surface area (Å²) in [4.78, 5) is 2.71. The third kappa shape index (κ3) is 3.05. The Morgan fingerprint density at radius 1 is 1.33 bits per heavy atom. The fourth-order valence-electron chi connectivity index (χ4n) is 3.32. The fraction of sp³-hybridized carbons (Fsp3) is 0.933. The Morgan fingerprint density at radius 2 is 2.11 bits per heavy atom. The zero-order valence-corrected chi connectivity index (χ0v) is 11.9. The van der Waals surface area contributed by atoms with E-state index in [0.717, 1.165) is 18.9 Å². The Labute approximate surface area is 112 Å². The largest absolute Gasteiger partial charge is 0.302 e. The van der Waals surface area contributed by atoms with Gasteiger partial charge in [0.25, 0.3) is 0 Å². The molecule has 1 N–H and O–H groups in total. The molecule has 0 bridgehead atoms. The Hall–Kier alpha value is -0.590. The first kappa shape index (κ1) is 13.8. The first-order valence-electron chi connectivity index (χ1n) is 7.60. The predicted octanol–water partition coefficient (Wildman–Crippen LogP) is 2.68. The molecule has 0 aromatic carbocycles. The van der Waals surface area contributed by atoms with Gasteiger partial charge in [-0.15, -0.1) is 0 Å². The van der Waals surface area contributed by atoms with Gasteiger partial charge >= 0.3 is 0 Å². The third-order valence-corrected chi connectivity index (χ3v) is 4.67. The molecule has 2 fully saturated rings. The Balaban J connectivity index is 1.99. The van der Waals surface area contributed by atoms with Crippen molar-refractivity contribution in [2.45, 2.75) is 75.9 Å². The maximum absolute atomic E-state index is 9.44. The molecule has 2 aliphatic rings. The highest BCUT2D eigenvalue weighted by Gasteiger charge is 2.41. The average Bonchev–Trinajstić information content (AvgIpc) is 3.24. The molecule has 0 spiro atoms. The minimum Gasteiger partial charge on any atom is -0.302 e. The molecule has 102 valence electrons. The van der Waals surface area contributed by atoms with Crippen LogP contribution in [0.15, 0.2) is 0 Å². The minimum atomic E-state index is -0.262. The predicted molar refractivity (Wildman–Crippen MR) is 74.3 cm³/mol. The van der Waals surface area contributed by atoms with E-state index >= 15 is 0 Å². The van der Waals surface area contributed by atoms with Crippen LogP contribution in [0.3, 0.4) is 0 Å². The van der Waals surface area contributed by atoms with E-state index in [2.05, 4.69) is 23.2 Å². The molecule has 0 aromatic rings. The van der Waals surface area contributed by atoms with E-state index in [1.807, 2.05) is 7.05 Å². The van der Waals surface area contributed by atoms with Gasteiger partial charge in [-0.1, -0.05) is 13.3 Å². The molecule has 2 saturated carbocycles. The Morgan fingerprint density at radius 3 is 2.67 bits per heavy atom. The van der Waals surface area contributed by atoms with Crippen LogP contribution in [0, 0.1) is 11.3 Å². The number of hydrogen-bond donors (Lipinski definition) is 1. The van der Waals surface area contributed by atoms with Crippen molar-refractivity contribution in [3.8, 4) is 6.07 Å². The first-order valence-corrected chi connectivity index (χ1v) is 7.60. The molecule has 2 rings (SSSR count). The Bertz CT molecular complexity index is 305. The van der Waals surface area contributed by atoms with Crippen LogP contribution < -0.4 is 5.32 Å². The molecule has 3 heteroatoms. The highest BCUT2D eigenvalue weighted by molar-refractivity contribution is 5.11. The summed E-state index contributed by atoms with van der Waals surface area (Å²) in [6, 6.07) is 3.99. The van der Waals surface area contributed by atoms with E-state index in [4.69, 9.17) is 0 Å². The summed E-state index contributed by atoms with van der Waals surface area (Å²) in [5, 5.41) is 12.7. The summed E-state index contributed by atoms with van der Waals surface area (Å²) in [5.74, 6) is 0. The smallest absolute Gasteiger partial charge is 0.108 e. The van der Waals surface area contributed by atoms with Gasteiger partial charge in [-0.25, -0.2) is 0 Å². The van der Waals surface area contributed by atoms with Crippen LogP contribution in [0.4, 0.5) is 0 Å². The molecule has 2 aliphatic carbocycles. The highest BCUT2D eigenvalue weighted by atomic mass is 15.2. The van der Waals surface area contributed by atoms with Crippen molar-refractivity contribution < 1.29 is 0 Å². The fourth-order valence-corrected chi connectivity index (χ4v) is 3.32. The van der Waals surface area contributed by atoms with Gasteiger partial charge in [0, 0.05) is 12.1 Å². The molecule has 0 aliphatic heterocycles. The summed E-state index contributed by atoms with van der Waals surface area (Å²) in [6.07, 6.45) is 9.82. The molecule has 0 heterocycles. The summed E-state index contributed by atoms with van der Waals surface area (Å²) in [6.45, 7) is 3.50. The standard InChI is InChI=1S/C15H27N3/c1-3-4-10-18(13-7-8-13)14-6-5-9-15(11-14,12-16)17-2/h13-14,17H,3-11H2,1-2H3. The van der Waals surface area contributed by atoms with E-state index in [0.29, 0.717) is 6.04 Å². The third-order valence-electron chi connectivity index (χ3n) is 4.67. The van der Waals surface area contributed by atoms with Gasteiger partial charge < -0.3 is 5.32 Å². The summed E-state index contributed by atoms with van der Waals surface area (Å²) in [7, 11) is 1.94. The lowest BCUT2D eigenvalue weighted by Crippen LogP contribution is -2.52. The lowest BCUT2D eigenvalue weighted by atomic mass is 9.79. The number of hydrogen-bond acceptors (Lipinski definition) is 3. The minimum absolute atomic E-state index is 0.262. The topological polar surface area (TPSA) is 39.1 Å². The van der Waals surface area contributed by atoms with Gasteiger partial charge in [0.05, 0.1) is 6.07 Å². The lowest BCUT2D eigenvalue weighted by molar-refractivity contribution is 0.113. The van der Waals surface area contributed by atoms with Crippen LogP contribution in [0.2, 0.25) is 0 Å². The first-order chi connectivity index (χ1) is 8.74. The zero-order chi connectivity index (χ0) is 13.0. The zero-order valence-electron chi connectivity index (χ0n) is 11.9. The van der Waals surface area contributed by atoms with Crippen LogP contribution >= 0.6 is 0 Å². The summed E-state index contributed by atoms with van der Waals surface area (Å²) in [5.41, 5.74) is -0.262. The van der Waals surface area contributed by atoms with Gasteiger partial charge in [0.1, 0.15) is 5.54 Å². The summed E-state index contributed by atoms with van der Waals surface area (Å²) < 4.78 is 0. The van der Waals surface area contributed by atoms with Crippen LogP contribution in [-0.4, -0.2) is 36.1 Å². The normalized spacial score (nSPS) is 32.4. The van der Waals surface area contributed by atoms with E-state index in [-0.39, 0.29) is 5.54 Å². The number of nitriles is 1. The van der Waals surface area contributed by atoms with E-state index in [1.54, 1.807) is 0 Å². The molecule has 18 heavy (non-hydrogen) atoms. The molecule has 0 amide bonds.